The second-order valence-electron chi connectivity index (χ2n) is 5.60. The van der Waals surface area contributed by atoms with Gasteiger partial charge in [0, 0.05) is 36.5 Å². The fraction of sp³-hybridized carbons (Fsp3) is 0.118. The van der Waals surface area contributed by atoms with Crippen LogP contribution in [0.2, 0.25) is 0 Å². The lowest BCUT2D eigenvalue weighted by Crippen LogP contribution is -2.12. The Hall–Kier alpha value is -3.95. The molecule has 0 fully saturated rings. The lowest BCUT2D eigenvalue weighted by atomic mass is 10.2. The molecule has 10 heteroatoms. The third kappa shape index (κ3) is 4.00. The zero-order valence-corrected chi connectivity index (χ0v) is 14.1. The summed E-state index contributed by atoms with van der Waals surface area (Å²) in [5, 5.41) is 17.8. The monoisotopic (exact) mass is 362 g/mol. The topological polar surface area (TPSA) is 125 Å². The zero-order valence-electron chi connectivity index (χ0n) is 14.1. The van der Waals surface area contributed by atoms with E-state index in [2.05, 4.69) is 36.0 Å². The standard InChI is InChI=1S/C17H14N8O2/c26-15(20-13-2-1-3-14(10-13)25-11-19-23-24-25)4-5-16-21-17(22-27-16)12-6-8-18-9-7-12/h1-3,6-11H,4-5H2,(H,20,26). The normalized spacial score (nSPS) is 10.7. The number of benzene rings is 1. The SMILES string of the molecule is O=C(CCc1nc(-c2ccncc2)no1)Nc1cccc(-n2cnnn2)c1. The number of anilines is 1. The van der Waals surface area contributed by atoms with Gasteiger partial charge >= 0.3 is 0 Å². The van der Waals surface area contributed by atoms with Crippen molar-refractivity contribution in [1.82, 2.24) is 35.3 Å². The van der Waals surface area contributed by atoms with Gasteiger partial charge in [0.1, 0.15) is 6.33 Å². The minimum Gasteiger partial charge on any atom is -0.339 e. The highest BCUT2D eigenvalue weighted by Gasteiger charge is 2.11. The van der Waals surface area contributed by atoms with Crippen LogP contribution in [0.4, 0.5) is 5.69 Å². The van der Waals surface area contributed by atoms with Crippen molar-refractivity contribution in [1.29, 1.82) is 0 Å². The Morgan fingerprint density at radius 2 is 2.07 bits per heavy atom. The van der Waals surface area contributed by atoms with Crippen LogP contribution in [-0.4, -0.2) is 41.2 Å². The van der Waals surface area contributed by atoms with Crippen molar-refractivity contribution < 1.29 is 9.32 Å². The van der Waals surface area contributed by atoms with E-state index in [0.717, 1.165) is 11.3 Å². The van der Waals surface area contributed by atoms with Gasteiger partial charge in [0.2, 0.25) is 17.6 Å². The Bertz CT molecular complexity index is 1030. The van der Waals surface area contributed by atoms with Crippen LogP contribution >= 0.6 is 0 Å². The van der Waals surface area contributed by atoms with Crippen LogP contribution in [0.1, 0.15) is 12.3 Å². The molecule has 3 aromatic heterocycles. The highest BCUT2D eigenvalue weighted by Crippen LogP contribution is 2.16. The molecule has 134 valence electrons. The average Bonchev–Trinajstić information content (AvgIpc) is 3.40. The molecular formula is C17H14N8O2. The van der Waals surface area contributed by atoms with E-state index in [1.807, 2.05) is 12.1 Å². The van der Waals surface area contributed by atoms with E-state index >= 15 is 0 Å². The molecule has 0 saturated heterocycles. The van der Waals surface area contributed by atoms with Gasteiger partial charge in [0.05, 0.1) is 5.69 Å². The molecule has 0 bridgehead atoms. The number of amides is 1. The van der Waals surface area contributed by atoms with Crippen molar-refractivity contribution in [2.75, 3.05) is 5.32 Å². The molecular weight excluding hydrogens is 348 g/mol. The molecule has 1 aromatic carbocycles. The third-order valence-electron chi connectivity index (χ3n) is 3.72. The molecule has 3 heterocycles. The van der Waals surface area contributed by atoms with E-state index in [1.165, 1.54) is 11.0 Å². The van der Waals surface area contributed by atoms with Gasteiger partial charge in [-0.05, 0) is 40.8 Å². The van der Waals surface area contributed by atoms with Gasteiger partial charge in [0.25, 0.3) is 0 Å². The van der Waals surface area contributed by atoms with Crippen LogP contribution in [-0.2, 0) is 11.2 Å². The van der Waals surface area contributed by atoms with Crippen LogP contribution in [0.15, 0.2) is 59.6 Å². The fourth-order valence-corrected chi connectivity index (χ4v) is 2.42. The number of nitrogens with zero attached hydrogens (tertiary/aromatic N) is 7. The fourth-order valence-electron chi connectivity index (χ4n) is 2.42. The van der Waals surface area contributed by atoms with Gasteiger partial charge in [-0.15, -0.1) is 5.10 Å². The molecule has 4 rings (SSSR count). The van der Waals surface area contributed by atoms with Crippen molar-refractivity contribution >= 4 is 11.6 Å². The van der Waals surface area contributed by atoms with Crippen LogP contribution in [0, 0.1) is 0 Å². The van der Waals surface area contributed by atoms with Gasteiger partial charge in [-0.1, -0.05) is 11.2 Å². The first-order valence-corrected chi connectivity index (χ1v) is 8.14. The summed E-state index contributed by atoms with van der Waals surface area (Å²) < 4.78 is 6.71. The Balaban J connectivity index is 1.35. The summed E-state index contributed by atoms with van der Waals surface area (Å²) in [6.45, 7) is 0. The zero-order chi connectivity index (χ0) is 18.5. The third-order valence-corrected chi connectivity index (χ3v) is 3.72. The molecule has 0 aliphatic heterocycles. The number of hydrogen-bond acceptors (Lipinski definition) is 8. The molecule has 0 atom stereocenters. The first-order chi connectivity index (χ1) is 13.3. The smallest absolute Gasteiger partial charge is 0.227 e. The van der Waals surface area contributed by atoms with Crippen molar-refractivity contribution in [2.45, 2.75) is 12.8 Å². The average molecular weight is 362 g/mol. The molecule has 4 aromatic rings. The first-order valence-electron chi connectivity index (χ1n) is 8.14. The minimum absolute atomic E-state index is 0.160. The van der Waals surface area contributed by atoms with Crippen molar-refractivity contribution in [2.24, 2.45) is 0 Å². The molecule has 0 unspecified atom stereocenters. The van der Waals surface area contributed by atoms with Crippen LogP contribution in [0.5, 0.6) is 0 Å². The minimum atomic E-state index is -0.160. The van der Waals surface area contributed by atoms with E-state index in [9.17, 15) is 4.79 Å². The number of aryl methyl sites for hydroxylation is 1. The Kier molecular flexibility index (Phi) is 4.60. The number of carbonyl (C=O) groups is 1. The van der Waals surface area contributed by atoms with Crippen molar-refractivity contribution in [3.05, 3.63) is 61.0 Å². The molecule has 1 N–H and O–H groups in total. The molecule has 1 amide bonds. The Morgan fingerprint density at radius 1 is 1.19 bits per heavy atom. The maximum absolute atomic E-state index is 12.2. The second-order valence-corrected chi connectivity index (χ2v) is 5.60. The van der Waals surface area contributed by atoms with Gasteiger partial charge in [-0.25, -0.2) is 4.68 Å². The van der Waals surface area contributed by atoms with Crippen LogP contribution in [0.3, 0.4) is 0 Å². The Labute approximate surface area is 153 Å². The predicted octanol–water partition coefficient (Wildman–Crippen LogP) is 1.68. The Morgan fingerprint density at radius 3 is 2.89 bits per heavy atom. The molecule has 0 radical (unpaired) electrons. The number of aromatic nitrogens is 7. The number of rotatable bonds is 6. The van der Waals surface area contributed by atoms with Crippen molar-refractivity contribution in [3.63, 3.8) is 0 Å². The number of hydrogen-bond donors (Lipinski definition) is 1. The summed E-state index contributed by atoms with van der Waals surface area (Å²) in [4.78, 5) is 20.4. The number of nitrogens with one attached hydrogen (secondary N) is 1. The van der Waals surface area contributed by atoms with Crippen molar-refractivity contribution in [3.8, 4) is 17.1 Å². The summed E-state index contributed by atoms with van der Waals surface area (Å²) in [5.74, 6) is 0.717. The van der Waals surface area contributed by atoms with E-state index in [4.69, 9.17) is 4.52 Å². The molecule has 0 aliphatic carbocycles. The van der Waals surface area contributed by atoms with E-state index in [-0.39, 0.29) is 12.3 Å². The van der Waals surface area contributed by atoms with E-state index in [1.54, 1.807) is 36.7 Å². The van der Waals surface area contributed by atoms with E-state index < -0.39 is 0 Å². The molecule has 0 aliphatic rings. The molecule has 0 saturated carbocycles. The van der Waals surface area contributed by atoms with Gasteiger partial charge < -0.3 is 9.84 Å². The highest BCUT2D eigenvalue weighted by atomic mass is 16.5. The molecule has 27 heavy (non-hydrogen) atoms. The van der Waals surface area contributed by atoms with E-state index in [0.29, 0.717) is 23.8 Å². The van der Waals surface area contributed by atoms with Gasteiger partial charge in [-0.3, -0.25) is 9.78 Å². The van der Waals surface area contributed by atoms with Crippen LogP contribution < -0.4 is 5.32 Å². The summed E-state index contributed by atoms with van der Waals surface area (Å²) in [6.07, 6.45) is 5.35. The summed E-state index contributed by atoms with van der Waals surface area (Å²) >= 11 is 0. The number of pyridine rings is 1. The lowest BCUT2D eigenvalue weighted by Gasteiger charge is -2.06. The van der Waals surface area contributed by atoms with Gasteiger partial charge in [-0.2, -0.15) is 4.98 Å². The summed E-state index contributed by atoms with van der Waals surface area (Å²) in [7, 11) is 0. The lowest BCUT2D eigenvalue weighted by molar-refractivity contribution is -0.116. The highest BCUT2D eigenvalue weighted by molar-refractivity contribution is 5.91. The molecule has 0 spiro atoms. The second kappa shape index (κ2) is 7.52. The molecule has 10 nitrogen and oxygen atoms in total. The number of tetrazole rings is 1. The summed E-state index contributed by atoms with van der Waals surface area (Å²) in [5.41, 5.74) is 2.21. The van der Waals surface area contributed by atoms with Crippen LogP contribution in [0.25, 0.3) is 17.1 Å². The van der Waals surface area contributed by atoms with Gasteiger partial charge in [0.15, 0.2) is 0 Å². The quantitative estimate of drug-likeness (QED) is 0.549. The maximum Gasteiger partial charge on any atom is 0.227 e. The first kappa shape index (κ1) is 16.5. The summed E-state index contributed by atoms with van der Waals surface area (Å²) in [6, 6.07) is 10.8. The maximum atomic E-state index is 12.2. The number of carbonyl (C=O) groups excluding carboxylic acids is 1. The largest absolute Gasteiger partial charge is 0.339 e. The predicted molar refractivity (Wildman–Crippen MR) is 93.6 cm³/mol.